The van der Waals surface area contributed by atoms with Crippen molar-refractivity contribution in [2.24, 2.45) is 5.41 Å². The van der Waals surface area contributed by atoms with Crippen LogP contribution in [0, 0.1) is 5.41 Å². The Morgan fingerprint density at radius 1 is 1.00 bits per heavy atom. The summed E-state index contributed by atoms with van der Waals surface area (Å²) < 4.78 is 11.0. The number of hydrogen-bond acceptors (Lipinski definition) is 3. The number of carbonyl (C=O) groups excluding carboxylic acids is 1. The first-order valence-corrected chi connectivity index (χ1v) is 9.17. The van der Waals surface area contributed by atoms with Crippen molar-refractivity contribution in [2.75, 3.05) is 19.9 Å². The average molecular weight is 330 g/mol. The van der Waals surface area contributed by atoms with Gasteiger partial charge in [-0.25, -0.2) is 4.79 Å². The second-order valence-electron chi connectivity index (χ2n) is 8.11. The molecule has 0 spiro atoms. The molecule has 0 aromatic heterocycles. The van der Waals surface area contributed by atoms with Crippen molar-refractivity contribution < 1.29 is 14.3 Å². The molecule has 0 N–H and O–H groups in total. The Labute approximate surface area is 143 Å². The monoisotopic (exact) mass is 329 g/mol. The molecule has 0 unspecified atom stereocenters. The van der Waals surface area contributed by atoms with E-state index in [4.69, 9.17) is 9.47 Å². The van der Waals surface area contributed by atoms with E-state index in [1.165, 1.54) is 19.3 Å². The maximum absolute atomic E-state index is 12.2. The molecule has 0 saturated heterocycles. The van der Waals surface area contributed by atoms with Crippen LogP contribution in [0.15, 0.2) is 0 Å². The molecule has 0 radical (unpaired) electrons. The number of hydrogen-bond donors (Lipinski definition) is 0. The third kappa shape index (κ3) is 12.3. The van der Waals surface area contributed by atoms with E-state index in [0.717, 1.165) is 19.3 Å². The van der Waals surface area contributed by atoms with Crippen LogP contribution < -0.4 is 0 Å². The van der Waals surface area contributed by atoms with Crippen LogP contribution in [-0.2, 0) is 9.47 Å². The van der Waals surface area contributed by atoms with Crippen molar-refractivity contribution in [3.63, 3.8) is 0 Å². The fourth-order valence-corrected chi connectivity index (χ4v) is 2.11. The maximum Gasteiger partial charge on any atom is 0.412 e. The first-order valence-electron chi connectivity index (χ1n) is 9.17. The highest BCUT2D eigenvalue weighted by atomic mass is 16.6. The summed E-state index contributed by atoms with van der Waals surface area (Å²) >= 11 is 0. The van der Waals surface area contributed by atoms with Crippen LogP contribution in [0.2, 0.25) is 0 Å². The predicted octanol–water partition coefficient (Wildman–Crippen LogP) is 5.60. The molecule has 0 fully saturated rings. The van der Waals surface area contributed by atoms with Crippen LogP contribution in [0.3, 0.4) is 0 Å². The summed E-state index contributed by atoms with van der Waals surface area (Å²) in [5.41, 5.74) is -0.0413. The molecule has 0 atom stereocenters. The predicted molar refractivity (Wildman–Crippen MR) is 96.6 cm³/mol. The quantitative estimate of drug-likeness (QED) is 0.365. The summed E-state index contributed by atoms with van der Waals surface area (Å²) in [7, 11) is 0. The molecule has 0 bridgehead atoms. The summed E-state index contributed by atoms with van der Waals surface area (Å²) in [4.78, 5) is 13.9. The Morgan fingerprint density at radius 3 is 2.17 bits per heavy atom. The Morgan fingerprint density at radius 2 is 1.65 bits per heavy atom. The van der Waals surface area contributed by atoms with E-state index in [2.05, 4.69) is 27.7 Å². The number of unbranched alkanes of at least 4 members (excludes halogenated alkanes) is 2. The van der Waals surface area contributed by atoms with Crippen LogP contribution in [0.1, 0.15) is 87.0 Å². The Balaban J connectivity index is 4.23. The Bertz CT molecular complexity index is 321. The van der Waals surface area contributed by atoms with Crippen LogP contribution in [0.4, 0.5) is 4.79 Å². The number of ether oxygens (including phenoxy) is 2. The van der Waals surface area contributed by atoms with E-state index in [1.807, 2.05) is 20.8 Å². The molecule has 4 heteroatoms. The van der Waals surface area contributed by atoms with Gasteiger partial charge in [0, 0.05) is 13.2 Å². The van der Waals surface area contributed by atoms with Gasteiger partial charge in [0.05, 0.1) is 0 Å². The maximum atomic E-state index is 12.2. The lowest BCUT2D eigenvalue weighted by atomic mass is 9.84. The minimum absolute atomic E-state index is 0.275. The molecule has 0 aromatic rings. The zero-order chi connectivity index (χ0) is 17.9. The molecule has 1 amide bonds. The third-order valence-electron chi connectivity index (χ3n) is 3.99. The van der Waals surface area contributed by atoms with Crippen molar-refractivity contribution in [1.82, 2.24) is 4.90 Å². The highest BCUT2D eigenvalue weighted by molar-refractivity contribution is 5.67. The van der Waals surface area contributed by atoms with E-state index < -0.39 is 5.60 Å². The highest BCUT2D eigenvalue weighted by Crippen LogP contribution is 2.27. The van der Waals surface area contributed by atoms with E-state index >= 15 is 0 Å². The van der Waals surface area contributed by atoms with E-state index in [0.29, 0.717) is 25.3 Å². The standard InChI is InChI=1S/C19H39NO3/c1-8-15-22-16-20(17(21)23-18(3,4)5)14-12-10-11-13-19(6,7)9-2/h8-16H2,1-7H3. The van der Waals surface area contributed by atoms with E-state index in [-0.39, 0.29) is 6.09 Å². The van der Waals surface area contributed by atoms with E-state index in [9.17, 15) is 4.79 Å². The summed E-state index contributed by atoms with van der Waals surface area (Å²) in [6.07, 6.45) is 6.46. The lowest BCUT2D eigenvalue weighted by Gasteiger charge is -2.27. The molecule has 0 aliphatic carbocycles. The lowest BCUT2D eigenvalue weighted by molar-refractivity contribution is -0.0139. The molecule has 138 valence electrons. The molecule has 23 heavy (non-hydrogen) atoms. The second-order valence-corrected chi connectivity index (χ2v) is 8.11. The van der Waals surface area contributed by atoms with Crippen molar-refractivity contribution in [2.45, 2.75) is 92.6 Å². The highest BCUT2D eigenvalue weighted by Gasteiger charge is 2.22. The summed E-state index contributed by atoms with van der Waals surface area (Å²) in [6.45, 7) is 16.3. The van der Waals surface area contributed by atoms with Gasteiger partial charge in [0.25, 0.3) is 0 Å². The molecular formula is C19H39NO3. The normalized spacial score (nSPS) is 12.3. The molecule has 0 aromatic carbocycles. The number of rotatable bonds is 11. The summed E-state index contributed by atoms with van der Waals surface area (Å²) in [6, 6.07) is 0. The van der Waals surface area contributed by atoms with Gasteiger partial charge in [0.15, 0.2) is 0 Å². The fraction of sp³-hybridized carbons (Fsp3) is 0.947. The van der Waals surface area contributed by atoms with E-state index in [1.54, 1.807) is 4.90 Å². The van der Waals surface area contributed by atoms with Crippen LogP contribution in [0.25, 0.3) is 0 Å². The molecule has 0 heterocycles. The summed E-state index contributed by atoms with van der Waals surface area (Å²) in [5, 5.41) is 0. The minimum Gasteiger partial charge on any atom is -0.444 e. The average Bonchev–Trinajstić information content (AvgIpc) is 2.43. The number of amides is 1. The van der Waals surface area contributed by atoms with Gasteiger partial charge in [-0.1, -0.05) is 47.0 Å². The smallest absolute Gasteiger partial charge is 0.412 e. The van der Waals surface area contributed by atoms with Crippen LogP contribution >= 0.6 is 0 Å². The van der Waals surface area contributed by atoms with Gasteiger partial charge >= 0.3 is 6.09 Å². The van der Waals surface area contributed by atoms with Gasteiger partial charge in [-0.15, -0.1) is 0 Å². The topological polar surface area (TPSA) is 38.8 Å². The molecule has 0 saturated carbocycles. The Hall–Kier alpha value is -0.770. The zero-order valence-corrected chi connectivity index (χ0v) is 16.5. The van der Waals surface area contributed by atoms with Crippen molar-refractivity contribution in [3.05, 3.63) is 0 Å². The SMILES string of the molecule is CCCOCN(CCCCCC(C)(C)CC)C(=O)OC(C)(C)C. The number of nitrogens with zero attached hydrogens (tertiary/aromatic N) is 1. The van der Waals surface area contributed by atoms with Gasteiger partial charge in [0.1, 0.15) is 12.3 Å². The van der Waals surface area contributed by atoms with Gasteiger partial charge < -0.3 is 9.47 Å². The van der Waals surface area contributed by atoms with Crippen molar-refractivity contribution in [3.8, 4) is 0 Å². The van der Waals surface area contributed by atoms with Gasteiger partial charge in [0.2, 0.25) is 0 Å². The van der Waals surface area contributed by atoms with Gasteiger partial charge in [-0.2, -0.15) is 0 Å². The zero-order valence-electron chi connectivity index (χ0n) is 16.5. The van der Waals surface area contributed by atoms with Gasteiger partial charge in [-0.05, 0) is 45.4 Å². The number of carbonyl (C=O) groups is 1. The minimum atomic E-state index is -0.467. The molecule has 4 nitrogen and oxygen atoms in total. The lowest BCUT2D eigenvalue weighted by Crippen LogP contribution is -2.38. The Kier molecular flexibility index (Phi) is 10.5. The van der Waals surface area contributed by atoms with Crippen molar-refractivity contribution in [1.29, 1.82) is 0 Å². The third-order valence-corrected chi connectivity index (χ3v) is 3.99. The fourth-order valence-electron chi connectivity index (χ4n) is 2.11. The largest absolute Gasteiger partial charge is 0.444 e. The first-order chi connectivity index (χ1) is 10.6. The van der Waals surface area contributed by atoms with Gasteiger partial charge in [-0.3, -0.25) is 4.90 Å². The first kappa shape index (κ1) is 22.2. The second kappa shape index (κ2) is 10.9. The molecule has 0 rings (SSSR count). The van der Waals surface area contributed by atoms with Crippen LogP contribution in [0.5, 0.6) is 0 Å². The van der Waals surface area contributed by atoms with Crippen LogP contribution in [-0.4, -0.2) is 36.5 Å². The molecular weight excluding hydrogens is 290 g/mol. The van der Waals surface area contributed by atoms with Crippen molar-refractivity contribution >= 4 is 6.09 Å². The molecule has 0 aliphatic heterocycles. The summed E-state index contributed by atoms with van der Waals surface area (Å²) in [5.74, 6) is 0. The molecule has 0 aliphatic rings.